The van der Waals surface area contributed by atoms with Gasteiger partial charge in [-0.2, -0.15) is 0 Å². The van der Waals surface area contributed by atoms with Gasteiger partial charge in [-0.1, -0.05) is 78.9 Å². The second kappa shape index (κ2) is 15.4. The van der Waals surface area contributed by atoms with E-state index >= 15 is 0 Å². The molecule has 2 N–H and O–H groups in total. The number of fused-ring (bicyclic) bond motifs is 5. The van der Waals surface area contributed by atoms with Gasteiger partial charge in [-0.15, -0.1) is 0 Å². The van der Waals surface area contributed by atoms with Gasteiger partial charge in [-0.05, 0) is 116 Å². The monoisotopic (exact) mass is 635 g/mol. The lowest BCUT2D eigenvalue weighted by molar-refractivity contribution is -0.0583. The molecule has 0 bridgehead atoms. The van der Waals surface area contributed by atoms with E-state index in [4.69, 9.17) is 14.2 Å². The average Bonchev–Trinajstić information content (AvgIpc) is 3.31. The molecule has 6 nitrogen and oxygen atoms in total. The number of hydrogen-bond donors (Lipinski definition) is 2. The maximum Gasteiger partial charge on any atom is 0.407 e. The molecule has 1 amide bonds. The van der Waals surface area contributed by atoms with E-state index in [2.05, 4.69) is 52.9 Å². The van der Waals surface area contributed by atoms with Gasteiger partial charge in [0, 0.05) is 19.6 Å². The third-order valence-corrected chi connectivity index (χ3v) is 13.9. The van der Waals surface area contributed by atoms with E-state index in [-0.39, 0.29) is 17.6 Å². The molecular weight excluding hydrogens is 569 g/mol. The van der Waals surface area contributed by atoms with Crippen molar-refractivity contribution in [2.45, 2.75) is 144 Å². The number of rotatable bonds is 15. The number of carbonyl (C=O) groups is 1. The van der Waals surface area contributed by atoms with Crippen LogP contribution in [0.15, 0.2) is 11.6 Å². The van der Waals surface area contributed by atoms with Crippen LogP contribution in [0.2, 0.25) is 0 Å². The van der Waals surface area contributed by atoms with Crippen molar-refractivity contribution in [3.63, 3.8) is 0 Å². The molecule has 10 atom stereocenters. The molecule has 0 heterocycles. The minimum absolute atomic E-state index is 0.0189. The topological polar surface area (TPSA) is 84.9 Å². The Morgan fingerprint density at radius 3 is 2.50 bits per heavy atom. The molecule has 0 aromatic heterocycles. The lowest BCUT2D eigenvalue weighted by Crippen LogP contribution is -2.51. The summed E-state index contributed by atoms with van der Waals surface area (Å²) in [6, 6.07) is 0. The van der Waals surface area contributed by atoms with E-state index in [1.807, 2.05) is 0 Å². The molecule has 3 saturated carbocycles. The summed E-state index contributed by atoms with van der Waals surface area (Å²) in [5.74, 6) is 5.86. The molecule has 4 aliphatic rings. The molecule has 44 heavy (non-hydrogen) atoms. The molecule has 254 valence electrons. The number of carbonyl (C=O) groups excluding carboxylic acids is 1. The minimum Gasteiger partial charge on any atom is -0.446 e. The second-order valence-electron chi connectivity index (χ2n) is 16.2. The van der Waals surface area contributed by atoms with Crippen LogP contribution in [0.1, 0.15) is 138 Å². The van der Waals surface area contributed by atoms with E-state index in [9.17, 15) is 9.36 Å². The largest absolute Gasteiger partial charge is 0.446 e. The SMILES string of the molecule is CC[C@H](CC[C@@H](C)[C@H]1CC[C@H]2[C@@H]3CC=C4C[C@@H](OC(=O)NCCCCCCOP(C)(=O)O)CC[C@]4(C)[C@H]3CC[C@]12C)C(C)C. The molecule has 0 spiro atoms. The fourth-order valence-corrected chi connectivity index (χ4v) is 11.1. The maximum absolute atomic E-state index is 12.6. The fraction of sp³-hybridized carbons (Fsp3) is 0.919. The highest BCUT2D eigenvalue weighted by Gasteiger charge is 2.59. The molecule has 4 rings (SSSR count). The number of alkyl carbamates (subject to hydrolysis) is 1. The number of hydrogen-bond acceptors (Lipinski definition) is 4. The van der Waals surface area contributed by atoms with Gasteiger partial charge in [0.25, 0.3) is 0 Å². The van der Waals surface area contributed by atoms with Gasteiger partial charge in [-0.25, -0.2) is 4.79 Å². The molecule has 0 saturated heterocycles. The van der Waals surface area contributed by atoms with Crippen LogP contribution in [0.25, 0.3) is 0 Å². The van der Waals surface area contributed by atoms with Crippen molar-refractivity contribution in [2.75, 3.05) is 19.8 Å². The molecule has 0 aromatic carbocycles. The van der Waals surface area contributed by atoms with Crippen molar-refractivity contribution < 1.29 is 23.5 Å². The molecule has 4 aliphatic carbocycles. The predicted molar refractivity (Wildman–Crippen MR) is 181 cm³/mol. The van der Waals surface area contributed by atoms with Crippen molar-refractivity contribution in [2.24, 2.45) is 52.3 Å². The highest BCUT2D eigenvalue weighted by molar-refractivity contribution is 7.51. The van der Waals surface area contributed by atoms with Crippen LogP contribution in [0.4, 0.5) is 4.79 Å². The normalized spacial score (nSPS) is 35.9. The summed E-state index contributed by atoms with van der Waals surface area (Å²) in [6.07, 6.45) is 19.7. The Kier molecular flexibility index (Phi) is 12.6. The highest BCUT2D eigenvalue weighted by Crippen LogP contribution is 2.67. The third-order valence-electron chi connectivity index (χ3n) is 13.2. The van der Waals surface area contributed by atoms with Gasteiger partial charge in [0.1, 0.15) is 6.10 Å². The Labute approximate surface area is 269 Å². The van der Waals surface area contributed by atoms with Crippen LogP contribution in [-0.4, -0.2) is 36.9 Å². The zero-order chi connectivity index (χ0) is 32.1. The summed E-state index contributed by atoms with van der Waals surface area (Å²) in [6.45, 7) is 17.1. The van der Waals surface area contributed by atoms with Crippen molar-refractivity contribution in [3.05, 3.63) is 11.6 Å². The summed E-state index contributed by atoms with van der Waals surface area (Å²) in [5.41, 5.74) is 2.34. The van der Waals surface area contributed by atoms with Crippen LogP contribution in [-0.2, 0) is 13.8 Å². The van der Waals surface area contributed by atoms with Gasteiger partial charge in [0.15, 0.2) is 0 Å². The quantitative estimate of drug-likeness (QED) is 0.106. The molecule has 0 radical (unpaired) electrons. The summed E-state index contributed by atoms with van der Waals surface area (Å²) >= 11 is 0. The van der Waals surface area contributed by atoms with Crippen LogP contribution in [0, 0.1) is 52.3 Å². The van der Waals surface area contributed by atoms with E-state index in [1.165, 1.54) is 58.0 Å². The number of nitrogens with one attached hydrogen (secondary N) is 1. The standard InChI is InChI=1S/C37H66NO5P/c1-8-28(26(2)3)14-13-27(4)32-17-18-33-31-16-15-29-25-30(19-21-36(29,5)34(31)20-22-37(32,33)6)43-35(39)38-23-11-9-10-12-24-42-44(7,40)41/h15,26-28,30-34H,8-14,16-25H2,1-7H3,(H,38,39)(H,40,41)/t27-,28-,30+,31+,32-,33+,34+,36+,37-/m1/s1. The Balaban J connectivity index is 1.24. The molecule has 1 unspecified atom stereocenters. The molecule has 3 fully saturated rings. The first-order chi connectivity index (χ1) is 20.8. The number of allylic oxidation sites excluding steroid dienone is 1. The predicted octanol–water partition coefficient (Wildman–Crippen LogP) is 10.2. The third kappa shape index (κ3) is 8.54. The molecule has 0 aromatic rings. The smallest absolute Gasteiger partial charge is 0.407 e. The Morgan fingerprint density at radius 2 is 1.80 bits per heavy atom. The van der Waals surface area contributed by atoms with Gasteiger partial charge in [-0.3, -0.25) is 4.57 Å². The average molecular weight is 636 g/mol. The van der Waals surface area contributed by atoms with Crippen molar-refractivity contribution in [3.8, 4) is 0 Å². The molecule has 0 aliphatic heterocycles. The number of amides is 1. The van der Waals surface area contributed by atoms with Crippen LogP contribution < -0.4 is 5.32 Å². The van der Waals surface area contributed by atoms with Gasteiger partial charge in [0.2, 0.25) is 0 Å². The number of ether oxygens (including phenoxy) is 1. The molecular formula is C37H66NO5P. The zero-order valence-electron chi connectivity index (χ0n) is 29.2. The summed E-state index contributed by atoms with van der Waals surface area (Å²) < 4.78 is 22.0. The van der Waals surface area contributed by atoms with Gasteiger partial charge in [0.05, 0.1) is 6.61 Å². The Morgan fingerprint density at radius 1 is 1.05 bits per heavy atom. The van der Waals surface area contributed by atoms with E-state index in [0.717, 1.165) is 86.4 Å². The Bertz CT molecular complexity index is 1020. The van der Waals surface area contributed by atoms with Crippen LogP contribution in [0.5, 0.6) is 0 Å². The van der Waals surface area contributed by atoms with Crippen LogP contribution >= 0.6 is 7.60 Å². The first-order valence-electron chi connectivity index (χ1n) is 18.4. The fourth-order valence-electron chi connectivity index (χ4n) is 10.6. The van der Waals surface area contributed by atoms with Crippen molar-refractivity contribution in [1.29, 1.82) is 0 Å². The van der Waals surface area contributed by atoms with Crippen molar-refractivity contribution in [1.82, 2.24) is 5.32 Å². The summed E-state index contributed by atoms with van der Waals surface area (Å²) in [5, 5.41) is 2.94. The van der Waals surface area contributed by atoms with Gasteiger partial charge < -0.3 is 19.5 Å². The van der Waals surface area contributed by atoms with Crippen molar-refractivity contribution >= 4 is 13.7 Å². The van der Waals surface area contributed by atoms with E-state index in [0.29, 0.717) is 18.6 Å². The van der Waals surface area contributed by atoms with Gasteiger partial charge >= 0.3 is 13.7 Å². The van der Waals surface area contributed by atoms with E-state index < -0.39 is 7.60 Å². The lowest BCUT2D eigenvalue weighted by atomic mass is 9.47. The summed E-state index contributed by atoms with van der Waals surface area (Å²) in [7, 11) is -3.38. The summed E-state index contributed by atoms with van der Waals surface area (Å²) in [4.78, 5) is 21.7. The highest BCUT2D eigenvalue weighted by atomic mass is 31.2. The minimum atomic E-state index is -3.38. The second-order valence-corrected chi connectivity index (χ2v) is 18.1. The molecule has 7 heteroatoms. The Hall–Kier alpha value is -0.840. The zero-order valence-corrected chi connectivity index (χ0v) is 30.1. The lowest BCUT2D eigenvalue weighted by Gasteiger charge is -2.58. The first-order valence-corrected chi connectivity index (χ1v) is 20.4. The van der Waals surface area contributed by atoms with E-state index in [1.54, 1.807) is 5.57 Å². The first kappa shape index (κ1) is 36.0. The number of unbranched alkanes of at least 4 members (excludes halogenated alkanes) is 3. The van der Waals surface area contributed by atoms with Crippen LogP contribution in [0.3, 0.4) is 0 Å². The maximum atomic E-state index is 12.6.